The summed E-state index contributed by atoms with van der Waals surface area (Å²) in [5.41, 5.74) is 10.9. The van der Waals surface area contributed by atoms with Gasteiger partial charge in [-0.1, -0.05) is 24.3 Å². The summed E-state index contributed by atoms with van der Waals surface area (Å²) in [7, 11) is 0. The summed E-state index contributed by atoms with van der Waals surface area (Å²) in [6.07, 6.45) is 10.5. The van der Waals surface area contributed by atoms with E-state index in [0.717, 1.165) is 151 Å². The lowest BCUT2D eigenvalue weighted by Crippen LogP contribution is -2.70. The lowest BCUT2D eigenvalue weighted by atomic mass is 9.82. The number of hydrogen-bond donors (Lipinski definition) is 2. The van der Waals surface area contributed by atoms with E-state index in [9.17, 15) is 0 Å². The monoisotopic (exact) mass is 964 g/mol. The van der Waals surface area contributed by atoms with Gasteiger partial charge in [-0.2, -0.15) is 0 Å². The number of nitrogens with one attached hydrogen (secondary N) is 2. The van der Waals surface area contributed by atoms with Gasteiger partial charge < -0.3 is 47.5 Å². The van der Waals surface area contributed by atoms with Crippen LogP contribution in [-0.4, -0.2) is 153 Å². The average Bonchev–Trinajstić information content (AvgIpc) is 4.29. The molecule has 2 bridgehead atoms. The topological polar surface area (TPSA) is 185 Å². The maximum absolute atomic E-state index is 6.32. The largest absolute Gasteiger partial charge is 0.432 e. The van der Waals surface area contributed by atoms with Crippen LogP contribution in [0, 0.1) is 0 Å². The highest BCUT2D eigenvalue weighted by Gasteiger charge is 2.50. The summed E-state index contributed by atoms with van der Waals surface area (Å²) < 4.78 is 35.1. The van der Waals surface area contributed by atoms with Gasteiger partial charge in [-0.05, 0) is 60.4 Å². The molecular weight excluding hydrogens is 913 g/mol. The van der Waals surface area contributed by atoms with Gasteiger partial charge in [0.05, 0.1) is 68.7 Å². The second kappa shape index (κ2) is 17.0. The van der Waals surface area contributed by atoms with Crippen LogP contribution in [0.5, 0.6) is 0 Å². The number of pyridine rings is 2. The Kier molecular flexibility index (Phi) is 10.1. The molecule has 16 rings (SSSR count). The van der Waals surface area contributed by atoms with Crippen molar-refractivity contribution in [2.75, 3.05) is 95.3 Å². The molecule has 14 heterocycles. The van der Waals surface area contributed by atoms with Crippen LogP contribution in [-0.2, 0) is 32.0 Å². The number of anilines is 2. The fourth-order valence-electron chi connectivity index (χ4n) is 11.7. The molecule has 364 valence electrons. The van der Waals surface area contributed by atoms with Gasteiger partial charge in [0.1, 0.15) is 11.0 Å². The Hall–Kier alpha value is -7.06. The minimum atomic E-state index is 0.238. The molecule has 6 saturated heterocycles. The van der Waals surface area contributed by atoms with Crippen molar-refractivity contribution in [3.05, 3.63) is 96.6 Å². The third-order valence-electron chi connectivity index (χ3n) is 15.7. The standard InChI is InChI=1S/2C27H26N6O3/c1-2-19(18-4-6-28-21(18)3-1)24-30-22-20-12-17(14-33-7-5-27(33)15-35-16-27)13-29-26(20)36-23(22)25(31-24)32-8-10-34-11-9-32;1-2-20(19-4-5-28-22(19)3-1)25-30-23-21-10-16(13-33-14-18-11-17(33)15-35-18)12-29-27(21)36-24(23)26(31-25)32-6-8-34-9-7-32/h1-4,6,12-13,28H,5,7-11,14-16H2;1-5,10,12,17-18,28H,6-9,11,13-15H2/t;17-,18-/m.1/s1. The van der Waals surface area contributed by atoms with Crippen molar-refractivity contribution >= 4 is 77.8 Å². The molecule has 6 aliphatic heterocycles. The lowest BCUT2D eigenvalue weighted by Gasteiger charge is -2.57. The molecule has 0 radical (unpaired) electrons. The predicted octanol–water partition coefficient (Wildman–Crippen LogP) is 7.46. The number of likely N-dealkylation sites (tertiary alicyclic amines) is 2. The maximum Gasteiger partial charge on any atom is 0.229 e. The van der Waals surface area contributed by atoms with E-state index >= 15 is 0 Å². The Balaban J connectivity index is 0.000000128. The van der Waals surface area contributed by atoms with Crippen LogP contribution >= 0.6 is 0 Å². The van der Waals surface area contributed by atoms with Crippen molar-refractivity contribution in [3.63, 3.8) is 0 Å². The van der Waals surface area contributed by atoms with Gasteiger partial charge in [-0.3, -0.25) is 9.80 Å². The first-order valence-corrected chi connectivity index (χ1v) is 25.2. The van der Waals surface area contributed by atoms with Crippen LogP contribution in [0.3, 0.4) is 0 Å². The minimum Gasteiger partial charge on any atom is -0.432 e. The molecule has 8 aromatic heterocycles. The van der Waals surface area contributed by atoms with Gasteiger partial charge in [-0.15, -0.1) is 0 Å². The number of hydrogen-bond acceptors (Lipinski definition) is 16. The summed E-state index contributed by atoms with van der Waals surface area (Å²) in [6, 6.07) is 21.4. The zero-order valence-electron chi connectivity index (χ0n) is 39.7. The second-order valence-corrected chi connectivity index (χ2v) is 20.0. The maximum atomic E-state index is 6.32. The van der Waals surface area contributed by atoms with Crippen molar-refractivity contribution < 1.29 is 27.8 Å². The predicted molar refractivity (Wildman–Crippen MR) is 272 cm³/mol. The molecule has 0 saturated carbocycles. The van der Waals surface area contributed by atoms with Crippen LogP contribution in [0.1, 0.15) is 24.0 Å². The van der Waals surface area contributed by atoms with Crippen molar-refractivity contribution in [2.45, 2.75) is 43.6 Å². The molecular formula is C54H52N12O6. The molecule has 2 N–H and O–H groups in total. The summed E-state index contributed by atoms with van der Waals surface area (Å²) in [5, 5.41) is 4.06. The number of benzene rings is 2. The number of fused-ring (bicyclic) bond motifs is 10. The Morgan fingerprint density at radius 2 is 1.18 bits per heavy atom. The summed E-state index contributed by atoms with van der Waals surface area (Å²) >= 11 is 0. The number of furan rings is 2. The summed E-state index contributed by atoms with van der Waals surface area (Å²) in [4.78, 5) is 45.8. The van der Waals surface area contributed by atoms with E-state index in [1.165, 1.54) is 12.0 Å². The summed E-state index contributed by atoms with van der Waals surface area (Å²) in [5.74, 6) is 2.99. The molecule has 6 fully saturated rings. The number of aromatic nitrogens is 8. The number of morpholine rings is 3. The van der Waals surface area contributed by atoms with Gasteiger partial charge in [0.15, 0.2) is 34.5 Å². The molecule has 0 unspecified atom stereocenters. The SMILES string of the molecule is c1cc(-c2nc(N3CCOCC3)c3oc4ncc(CN5CCC56COC6)cc4c3n2)c2cc[nH]c2c1.c1cc(-c2nc(N3CCOCC3)c3oc4ncc(CN5C[C@H]6C[C@@H]5CO6)cc4c3n2)c2cc[nH]c2c1. The van der Waals surface area contributed by atoms with E-state index in [-0.39, 0.29) is 5.54 Å². The zero-order chi connectivity index (χ0) is 47.3. The Morgan fingerprint density at radius 3 is 1.67 bits per heavy atom. The minimum absolute atomic E-state index is 0.238. The van der Waals surface area contributed by atoms with Crippen molar-refractivity contribution in [1.82, 2.24) is 49.7 Å². The van der Waals surface area contributed by atoms with E-state index in [1.807, 2.05) is 36.9 Å². The lowest BCUT2D eigenvalue weighted by molar-refractivity contribution is -0.195. The first kappa shape index (κ1) is 42.6. The molecule has 72 heavy (non-hydrogen) atoms. The van der Waals surface area contributed by atoms with E-state index in [0.29, 0.717) is 72.8 Å². The van der Waals surface area contributed by atoms with Gasteiger partial charge in [0.25, 0.3) is 0 Å². The Morgan fingerprint density at radius 1 is 0.611 bits per heavy atom. The molecule has 6 aliphatic rings. The highest BCUT2D eigenvalue weighted by molar-refractivity contribution is 6.07. The van der Waals surface area contributed by atoms with Crippen molar-refractivity contribution in [3.8, 4) is 22.8 Å². The van der Waals surface area contributed by atoms with Gasteiger partial charge in [0.2, 0.25) is 11.4 Å². The zero-order valence-corrected chi connectivity index (χ0v) is 39.7. The normalized spacial score (nSPS) is 21.2. The van der Waals surface area contributed by atoms with Crippen molar-refractivity contribution in [1.29, 1.82) is 0 Å². The van der Waals surface area contributed by atoms with E-state index in [4.69, 9.17) is 57.7 Å². The van der Waals surface area contributed by atoms with Gasteiger partial charge in [-0.25, -0.2) is 29.9 Å². The molecule has 1 spiro atoms. The summed E-state index contributed by atoms with van der Waals surface area (Å²) in [6.45, 7) is 12.0. The van der Waals surface area contributed by atoms with Gasteiger partial charge >= 0.3 is 0 Å². The molecule has 2 atom stereocenters. The number of ether oxygens (including phenoxy) is 4. The van der Waals surface area contributed by atoms with Gasteiger partial charge in [0, 0.05) is 116 Å². The van der Waals surface area contributed by atoms with Crippen LogP contribution in [0.15, 0.2) is 94.3 Å². The quantitative estimate of drug-likeness (QED) is 0.153. The number of H-pyrrole nitrogens is 2. The molecule has 0 amide bonds. The molecule has 18 nitrogen and oxygen atoms in total. The number of aromatic amines is 2. The first-order valence-electron chi connectivity index (χ1n) is 25.2. The fourth-order valence-corrected chi connectivity index (χ4v) is 11.7. The van der Waals surface area contributed by atoms with Crippen LogP contribution in [0.4, 0.5) is 11.6 Å². The average molecular weight is 965 g/mol. The molecule has 2 aromatic carbocycles. The highest BCUT2D eigenvalue weighted by Crippen LogP contribution is 2.41. The van der Waals surface area contributed by atoms with E-state index < -0.39 is 0 Å². The smallest absolute Gasteiger partial charge is 0.229 e. The van der Waals surface area contributed by atoms with Crippen LogP contribution in [0.2, 0.25) is 0 Å². The van der Waals surface area contributed by atoms with E-state index in [2.05, 4.69) is 78.1 Å². The Bertz CT molecular complexity index is 3480. The molecule has 18 heteroatoms. The van der Waals surface area contributed by atoms with Crippen LogP contribution in [0.25, 0.3) is 89.0 Å². The molecule has 0 aliphatic carbocycles. The first-order chi connectivity index (χ1) is 35.6. The number of nitrogens with zero attached hydrogens (tertiary/aromatic N) is 10. The highest BCUT2D eigenvalue weighted by atomic mass is 16.5. The third kappa shape index (κ3) is 7.14. The van der Waals surface area contributed by atoms with Crippen LogP contribution < -0.4 is 9.80 Å². The van der Waals surface area contributed by atoms with E-state index in [1.54, 1.807) is 0 Å². The Labute approximate surface area is 412 Å². The second-order valence-electron chi connectivity index (χ2n) is 20.0. The van der Waals surface area contributed by atoms with Crippen molar-refractivity contribution in [2.24, 2.45) is 0 Å². The fraction of sp³-hybridized carbons (Fsp3) is 0.370. The molecule has 10 aromatic rings. The number of rotatable bonds is 8. The third-order valence-corrected chi connectivity index (χ3v) is 15.7.